The molecule has 2 aromatic rings. The summed E-state index contributed by atoms with van der Waals surface area (Å²) in [5, 5.41) is 3.34. The standard InChI is InChI=1S/C17H19BrFNO/c1-2-9-21-17-8-5-14(10-16(17)18)12-20-11-13-3-6-15(19)7-4-13/h3-8,10,20H,2,9,11-12H2,1H3. The number of rotatable bonds is 7. The minimum Gasteiger partial charge on any atom is -0.492 e. The highest BCUT2D eigenvalue weighted by molar-refractivity contribution is 9.10. The first kappa shape index (κ1) is 16.0. The quantitative estimate of drug-likeness (QED) is 0.782. The first-order valence-electron chi connectivity index (χ1n) is 7.05. The summed E-state index contributed by atoms with van der Waals surface area (Å²) >= 11 is 3.53. The zero-order valence-electron chi connectivity index (χ0n) is 12.0. The van der Waals surface area contributed by atoms with E-state index in [2.05, 4.69) is 34.2 Å². The van der Waals surface area contributed by atoms with Crippen LogP contribution in [0.15, 0.2) is 46.9 Å². The highest BCUT2D eigenvalue weighted by Crippen LogP contribution is 2.26. The van der Waals surface area contributed by atoms with Crippen LogP contribution in [0.5, 0.6) is 5.75 Å². The molecule has 0 aliphatic rings. The average molecular weight is 352 g/mol. The third-order valence-corrected chi connectivity index (χ3v) is 3.65. The minimum absolute atomic E-state index is 0.203. The maximum absolute atomic E-state index is 12.8. The van der Waals surface area contributed by atoms with Gasteiger partial charge in [0.2, 0.25) is 0 Å². The van der Waals surface area contributed by atoms with E-state index in [0.717, 1.165) is 35.4 Å². The van der Waals surface area contributed by atoms with Gasteiger partial charge in [0.1, 0.15) is 11.6 Å². The monoisotopic (exact) mass is 351 g/mol. The van der Waals surface area contributed by atoms with E-state index in [1.807, 2.05) is 12.1 Å². The summed E-state index contributed by atoms with van der Waals surface area (Å²) in [6, 6.07) is 12.6. The summed E-state index contributed by atoms with van der Waals surface area (Å²) in [5.41, 5.74) is 2.24. The van der Waals surface area contributed by atoms with Crippen molar-refractivity contribution in [2.75, 3.05) is 6.61 Å². The summed E-state index contributed by atoms with van der Waals surface area (Å²) in [6.45, 7) is 4.28. The van der Waals surface area contributed by atoms with E-state index in [4.69, 9.17) is 4.74 Å². The van der Waals surface area contributed by atoms with Gasteiger partial charge >= 0.3 is 0 Å². The maximum Gasteiger partial charge on any atom is 0.133 e. The number of hydrogen-bond acceptors (Lipinski definition) is 2. The summed E-state index contributed by atoms with van der Waals surface area (Å²) in [4.78, 5) is 0. The molecule has 21 heavy (non-hydrogen) atoms. The molecule has 0 amide bonds. The number of nitrogens with one attached hydrogen (secondary N) is 1. The number of hydrogen-bond donors (Lipinski definition) is 1. The number of ether oxygens (including phenoxy) is 1. The molecule has 2 aromatic carbocycles. The summed E-state index contributed by atoms with van der Waals surface area (Å²) in [7, 11) is 0. The van der Waals surface area contributed by atoms with Crippen molar-refractivity contribution in [1.82, 2.24) is 5.32 Å². The molecule has 0 radical (unpaired) electrons. The highest BCUT2D eigenvalue weighted by Gasteiger charge is 2.02. The van der Waals surface area contributed by atoms with Gasteiger partial charge in [-0.05, 0) is 57.7 Å². The Balaban J connectivity index is 1.85. The lowest BCUT2D eigenvalue weighted by Crippen LogP contribution is -2.12. The van der Waals surface area contributed by atoms with Gasteiger partial charge in [0.05, 0.1) is 11.1 Å². The van der Waals surface area contributed by atoms with Crippen LogP contribution < -0.4 is 10.1 Å². The van der Waals surface area contributed by atoms with Crippen LogP contribution in [0.25, 0.3) is 0 Å². The van der Waals surface area contributed by atoms with Crippen LogP contribution in [0.2, 0.25) is 0 Å². The molecule has 0 atom stereocenters. The second-order valence-corrected chi connectivity index (χ2v) is 5.70. The molecule has 0 saturated carbocycles. The predicted molar refractivity (Wildman–Crippen MR) is 86.9 cm³/mol. The fourth-order valence-electron chi connectivity index (χ4n) is 1.94. The van der Waals surface area contributed by atoms with Crippen LogP contribution in [0, 0.1) is 5.82 Å². The zero-order valence-corrected chi connectivity index (χ0v) is 13.6. The van der Waals surface area contributed by atoms with Crippen molar-refractivity contribution in [3.05, 3.63) is 63.9 Å². The summed E-state index contributed by atoms with van der Waals surface area (Å²) < 4.78 is 19.4. The lowest BCUT2D eigenvalue weighted by Gasteiger charge is -2.10. The molecule has 0 aliphatic heterocycles. The summed E-state index contributed by atoms with van der Waals surface area (Å²) in [5.74, 6) is 0.671. The SMILES string of the molecule is CCCOc1ccc(CNCc2ccc(F)cc2)cc1Br. The van der Waals surface area contributed by atoms with Crippen LogP contribution in [0.4, 0.5) is 4.39 Å². The molecule has 0 heterocycles. The Morgan fingerprint density at radius 1 is 1.05 bits per heavy atom. The molecule has 0 unspecified atom stereocenters. The van der Waals surface area contributed by atoms with Crippen LogP contribution in [-0.2, 0) is 13.1 Å². The van der Waals surface area contributed by atoms with Crippen molar-refractivity contribution in [2.24, 2.45) is 0 Å². The van der Waals surface area contributed by atoms with E-state index >= 15 is 0 Å². The third-order valence-electron chi connectivity index (χ3n) is 3.03. The van der Waals surface area contributed by atoms with E-state index in [1.54, 1.807) is 12.1 Å². The van der Waals surface area contributed by atoms with Gasteiger partial charge in [-0.1, -0.05) is 25.1 Å². The van der Waals surface area contributed by atoms with Crippen LogP contribution in [0.1, 0.15) is 24.5 Å². The Bertz CT molecular complexity index is 572. The van der Waals surface area contributed by atoms with Crippen molar-refractivity contribution < 1.29 is 9.13 Å². The second kappa shape index (κ2) is 8.15. The molecular weight excluding hydrogens is 333 g/mol. The maximum atomic E-state index is 12.8. The molecule has 0 fully saturated rings. The second-order valence-electron chi connectivity index (χ2n) is 4.84. The van der Waals surface area contributed by atoms with E-state index in [0.29, 0.717) is 6.54 Å². The molecule has 0 saturated heterocycles. The normalized spacial score (nSPS) is 10.6. The largest absolute Gasteiger partial charge is 0.492 e. The van der Waals surface area contributed by atoms with Crippen LogP contribution >= 0.6 is 15.9 Å². The van der Waals surface area contributed by atoms with Gasteiger partial charge in [-0.25, -0.2) is 4.39 Å². The Kier molecular flexibility index (Phi) is 6.21. The molecule has 0 spiro atoms. The molecule has 2 rings (SSSR count). The number of benzene rings is 2. The molecule has 0 bridgehead atoms. The Morgan fingerprint density at radius 2 is 1.71 bits per heavy atom. The molecule has 1 N–H and O–H groups in total. The Labute approximate surface area is 133 Å². The topological polar surface area (TPSA) is 21.3 Å². The van der Waals surface area contributed by atoms with E-state index < -0.39 is 0 Å². The van der Waals surface area contributed by atoms with Gasteiger partial charge < -0.3 is 10.1 Å². The van der Waals surface area contributed by atoms with Gasteiger partial charge in [0, 0.05) is 13.1 Å². The Morgan fingerprint density at radius 3 is 2.38 bits per heavy atom. The first-order valence-corrected chi connectivity index (χ1v) is 7.84. The fourth-order valence-corrected chi connectivity index (χ4v) is 2.48. The number of halogens is 2. The van der Waals surface area contributed by atoms with Crippen LogP contribution in [0.3, 0.4) is 0 Å². The summed E-state index contributed by atoms with van der Waals surface area (Å²) in [6.07, 6.45) is 0.993. The van der Waals surface area contributed by atoms with Crippen molar-refractivity contribution in [3.8, 4) is 5.75 Å². The predicted octanol–water partition coefficient (Wildman–Crippen LogP) is 4.67. The van der Waals surface area contributed by atoms with E-state index in [1.165, 1.54) is 17.7 Å². The van der Waals surface area contributed by atoms with Crippen molar-refractivity contribution in [3.63, 3.8) is 0 Å². The van der Waals surface area contributed by atoms with Crippen molar-refractivity contribution in [1.29, 1.82) is 0 Å². The first-order chi connectivity index (χ1) is 10.2. The molecule has 2 nitrogen and oxygen atoms in total. The smallest absolute Gasteiger partial charge is 0.133 e. The van der Waals surface area contributed by atoms with Gasteiger partial charge in [-0.15, -0.1) is 0 Å². The van der Waals surface area contributed by atoms with Crippen molar-refractivity contribution >= 4 is 15.9 Å². The van der Waals surface area contributed by atoms with Gasteiger partial charge in [0.25, 0.3) is 0 Å². The van der Waals surface area contributed by atoms with Crippen molar-refractivity contribution in [2.45, 2.75) is 26.4 Å². The molecule has 0 aliphatic carbocycles. The van der Waals surface area contributed by atoms with Gasteiger partial charge in [-0.2, -0.15) is 0 Å². The molecule has 112 valence electrons. The molecule has 4 heteroatoms. The van der Waals surface area contributed by atoms with E-state index in [9.17, 15) is 4.39 Å². The Hall–Kier alpha value is -1.39. The highest BCUT2D eigenvalue weighted by atomic mass is 79.9. The zero-order chi connectivity index (χ0) is 15.1. The molecule has 0 aromatic heterocycles. The van der Waals surface area contributed by atoms with E-state index in [-0.39, 0.29) is 5.82 Å². The van der Waals surface area contributed by atoms with Gasteiger partial charge in [0.15, 0.2) is 0 Å². The minimum atomic E-state index is -0.203. The average Bonchev–Trinajstić information content (AvgIpc) is 2.48. The van der Waals surface area contributed by atoms with Crippen LogP contribution in [-0.4, -0.2) is 6.61 Å². The fraction of sp³-hybridized carbons (Fsp3) is 0.294. The lowest BCUT2D eigenvalue weighted by atomic mass is 10.2. The lowest BCUT2D eigenvalue weighted by molar-refractivity contribution is 0.315. The third kappa shape index (κ3) is 5.14. The molecular formula is C17H19BrFNO. The van der Waals surface area contributed by atoms with Gasteiger partial charge in [-0.3, -0.25) is 0 Å².